The lowest BCUT2D eigenvalue weighted by molar-refractivity contribution is -0.152. The second-order valence-electron chi connectivity index (χ2n) is 7.47. The molecule has 29 heavy (non-hydrogen) atoms. The second-order valence-corrected chi connectivity index (χ2v) is 7.47. The van der Waals surface area contributed by atoms with E-state index < -0.39 is 47.6 Å². The van der Waals surface area contributed by atoms with Crippen LogP contribution in [0.25, 0.3) is 0 Å². The van der Waals surface area contributed by atoms with Gasteiger partial charge in [-0.2, -0.15) is 0 Å². The summed E-state index contributed by atoms with van der Waals surface area (Å²) in [5.41, 5.74) is 6.33. The second kappa shape index (κ2) is 10.6. The van der Waals surface area contributed by atoms with Crippen LogP contribution in [0.5, 0.6) is 0 Å². The minimum absolute atomic E-state index is 0.0950. The van der Waals surface area contributed by atoms with Crippen LogP contribution in [0.3, 0.4) is 0 Å². The van der Waals surface area contributed by atoms with E-state index >= 15 is 0 Å². The number of benzene rings is 1. The van der Waals surface area contributed by atoms with Gasteiger partial charge in [-0.25, -0.2) is 8.78 Å². The van der Waals surface area contributed by atoms with Crippen LogP contribution in [-0.2, 0) is 25.5 Å². The molecule has 162 valence electrons. The van der Waals surface area contributed by atoms with Crippen molar-refractivity contribution >= 4 is 11.9 Å². The molecule has 1 fully saturated rings. The van der Waals surface area contributed by atoms with Crippen molar-refractivity contribution in [3.8, 4) is 0 Å². The van der Waals surface area contributed by atoms with Crippen molar-refractivity contribution in [2.45, 2.75) is 43.9 Å². The summed E-state index contributed by atoms with van der Waals surface area (Å²) in [4.78, 5) is 23.9. The molecule has 1 aromatic carbocycles. The summed E-state index contributed by atoms with van der Waals surface area (Å²) in [7, 11) is 2.59. The third kappa shape index (κ3) is 6.73. The van der Waals surface area contributed by atoms with Crippen molar-refractivity contribution < 1.29 is 33.0 Å². The van der Waals surface area contributed by atoms with Gasteiger partial charge < -0.3 is 25.6 Å². The fourth-order valence-electron chi connectivity index (χ4n) is 3.78. The first-order valence-electron chi connectivity index (χ1n) is 9.51. The zero-order chi connectivity index (χ0) is 21.6. The molecule has 0 bridgehead atoms. The molecular formula is C20H28F2N2O5. The Kier molecular flexibility index (Phi) is 8.48. The Hall–Kier alpha value is -2.10. The van der Waals surface area contributed by atoms with Crippen LogP contribution in [0, 0.1) is 23.5 Å². The number of aliphatic hydroxyl groups excluding tert-OH is 1. The van der Waals surface area contributed by atoms with Crippen LogP contribution < -0.4 is 11.1 Å². The maximum atomic E-state index is 13.3. The predicted molar refractivity (Wildman–Crippen MR) is 101 cm³/mol. The Morgan fingerprint density at radius 2 is 1.62 bits per heavy atom. The minimum atomic E-state index is -0.989. The topological polar surface area (TPSA) is 111 Å². The number of esters is 2. The number of ether oxygens (including phenoxy) is 2. The number of nitrogens with one attached hydrogen (secondary N) is 1. The fourth-order valence-corrected chi connectivity index (χ4v) is 3.78. The van der Waals surface area contributed by atoms with E-state index in [-0.39, 0.29) is 19.0 Å². The number of hydrogen-bond acceptors (Lipinski definition) is 7. The van der Waals surface area contributed by atoms with Gasteiger partial charge in [0.25, 0.3) is 0 Å². The van der Waals surface area contributed by atoms with Crippen LogP contribution in [0.2, 0.25) is 0 Å². The molecule has 1 aromatic rings. The van der Waals surface area contributed by atoms with Gasteiger partial charge in [0.1, 0.15) is 11.6 Å². The van der Waals surface area contributed by atoms with E-state index in [9.17, 15) is 23.5 Å². The SMILES string of the molecule is COC(=O)[C@@H]1CC(NC[C@@H](O)[C@@H](N)Cc2cc(F)cc(F)c2)C[C@H](C(=O)OC)C1. The van der Waals surface area contributed by atoms with Gasteiger partial charge in [0, 0.05) is 24.7 Å². The standard InChI is InChI=1S/C20H28F2N2O5/c1-28-19(26)12-6-13(20(27)29-2)8-16(7-12)24-10-18(25)17(23)5-11-3-14(21)9-15(22)4-11/h3-4,9,12-13,16-18,24-25H,5-8,10,23H2,1-2H3/t12-,13+,16?,17-,18+/m0/s1. The Labute approximate surface area is 168 Å². The van der Waals surface area contributed by atoms with Crippen molar-refractivity contribution in [1.82, 2.24) is 5.32 Å². The molecule has 0 saturated heterocycles. The van der Waals surface area contributed by atoms with Crippen molar-refractivity contribution in [2.24, 2.45) is 17.6 Å². The summed E-state index contributed by atoms with van der Waals surface area (Å²) in [5, 5.41) is 13.5. The lowest BCUT2D eigenvalue weighted by Gasteiger charge is -2.33. The summed E-state index contributed by atoms with van der Waals surface area (Å²) < 4.78 is 36.2. The number of nitrogens with two attached hydrogens (primary N) is 1. The van der Waals surface area contributed by atoms with E-state index in [1.807, 2.05) is 0 Å². The van der Waals surface area contributed by atoms with Gasteiger partial charge in [0.2, 0.25) is 0 Å². The molecule has 0 aliphatic heterocycles. The van der Waals surface area contributed by atoms with E-state index in [4.69, 9.17) is 15.2 Å². The largest absolute Gasteiger partial charge is 0.469 e. The third-order valence-electron chi connectivity index (χ3n) is 5.28. The van der Waals surface area contributed by atoms with E-state index in [0.717, 1.165) is 6.07 Å². The highest BCUT2D eigenvalue weighted by Crippen LogP contribution is 2.31. The Balaban J connectivity index is 1.93. The molecule has 0 radical (unpaired) electrons. The zero-order valence-electron chi connectivity index (χ0n) is 16.6. The van der Waals surface area contributed by atoms with Gasteiger partial charge in [0.05, 0.1) is 32.2 Å². The van der Waals surface area contributed by atoms with Crippen molar-refractivity contribution in [3.63, 3.8) is 0 Å². The summed E-state index contributed by atoms with van der Waals surface area (Å²) in [6.07, 6.45) is 0.369. The number of carbonyl (C=O) groups is 2. The van der Waals surface area contributed by atoms with Gasteiger partial charge in [0.15, 0.2) is 0 Å². The number of rotatable bonds is 8. The lowest BCUT2D eigenvalue weighted by Crippen LogP contribution is -2.48. The van der Waals surface area contributed by atoms with Crippen LogP contribution in [0.15, 0.2) is 18.2 Å². The Morgan fingerprint density at radius 3 is 2.10 bits per heavy atom. The highest BCUT2D eigenvalue weighted by atomic mass is 19.1. The van der Waals surface area contributed by atoms with Crippen LogP contribution in [-0.4, -0.2) is 56.0 Å². The van der Waals surface area contributed by atoms with Crippen LogP contribution in [0.4, 0.5) is 8.78 Å². The molecule has 9 heteroatoms. The average molecular weight is 414 g/mol. The molecule has 5 atom stereocenters. The van der Waals surface area contributed by atoms with E-state index in [0.29, 0.717) is 24.8 Å². The van der Waals surface area contributed by atoms with Gasteiger partial charge >= 0.3 is 11.9 Å². The van der Waals surface area contributed by atoms with Crippen LogP contribution in [0.1, 0.15) is 24.8 Å². The molecule has 1 aliphatic rings. The Bertz CT molecular complexity index is 674. The third-order valence-corrected chi connectivity index (χ3v) is 5.28. The molecule has 4 N–H and O–H groups in total. The molecule has 1 unspecified atom stereocenters. The first kappa shape index (κ1) is 23.2. The lowest BCUT2D eigenvalue weighted by atomic mass is 9.78. The van der Waals surface area contributed by atoms with E-state index in [2.05, 4.69) is 5.32 Å². The fraction of sp³-hybridized carbons (Fsp3) is 0.600. The van der Waals surface area contributed by atoms with Crippen molar-refractivity contribution in [2.75, 3.05) is 20.8 Å². The zero-order valence-corrected chi connectivity index (χ0v) is 16.6. The summed E-state index contributed by atoms with van der Waals surface area (Å²) in [6, 6.07) is 2.15. The molecule has 2 rings (SSSR count). The quantitative estimate of drug-likeness (QED) is 0.543. The maximum absolute atomic E-state index is 13.3. The maximum Gasteiger partial charge on any atom is 0.308 e. The van der Waals surface area contributed by atoms with Crippen molar-refractivity contribution in [1.29, 1.82) is 0 Å². The first-order chi connectivity index (χ1) is 13.7. The molecule has 0 aromatic heterocycles. The Morgan fingerprint density at radius 1 is 1.10 bits per heavy atom. The molecule has 0 heterocycles. The summed E-state index contributed by atoms with van der Waals surface area (Å²) in [5.74, 6) is -3.09. The predicted octanol–water partition coefficient (Wildman–Crippen LogP) is 0.916. The number of methoxy groups -OCH3 is 2. The molecule has 1 aliphatic carbocycles. The molecule has 0 spiro atoms. The number of carbonyl (C=O) groups excluding carboxylic acids is 2. The summed E-state index contributed by atoms with van der Waals surface area (Å²) >= 11 is 0. The normalized spacial score (nSPS) is 23.9. The number of hydrogen-bond donors (Lipinski definition) is 3. The first-order valence-corrected chi connectivity index (χ1v) is 9.51. The monoisotopic (exact) mass is 414 g/mol. The molecule has 0 amide bonds. The highest BCUT2D eigenvalue weighted by Gasteiger charge is 2.37. The molecule has 1 saturated carbocycles. The number of aliphatic hydroxyl groups is 1. The summed E-state index contributed by atoms with van der Waals surface area (Å²) in [6.45, 7) is 0.103. The van der Waals surface area contributed by atoms with Gasteiger partial charge in [-0.3, -0.25) is 9.59 Å². The van der Waals surface area contributed by atoms with Gasteiger partial charge in [-0.15, -0.1) is 0 Å². The van der Waals surface area contributed by atoms with E-state index in [1.54, 1.807) is 0 Å². The number of halogens is 2. The minimum Gasteiger partial charge on any atom is -0.469 e. The van der Waals surface area contributed by atoms with E-state index in [1.165, 1.54) is 26.4 Å². The van der Waals surface area contributed by atoms with Crippen LogP contribution >= 0.6 is 0 Å². The molecule has 7 nitrogen and oxygen atoms in total. The van der Waals surface area contributed by atoms with Gasteiger partial charge in [-0.05, 0) is 43.4 Å². The van der Waals surface area contributed by atoms with Crippen molar-refractivity contribution in [3.05, 3.63) is 35.4 Å². The smallest absolute Gasteiger partial charge is 0.308 e. The highest BCUT2D eigenvalue weighted by molar-refractivity contribution is 5.76. The van der Waals surface area contributed by atoms with Gasteiger partial charge in [-0.1, -0.05) is 0 Å². The molecular weight excluding hydrogens is 386 g/mol. The average Bonchev–Trinajstić information content (AvgIpc) is 2.69.